The number of esters is 1. The van der Waals surface area contributed by atoms with Crippen molar-refractivity contribution < 1.29 is 9.53 Å². The van der Waals surface area contributed by atoms with Crippen molar-refractivity contribution in [2.45, 2.75) is 6.04 Å². The molecule has 0 heterocycles. The van der Waals surface area contributed by atoms with Crippen LogP contribution in [0.4, 0.5) is 0 Å². The van der Waals surface area contributed by atoms with Gasteiger partial charge in [0.1, 0.15) is 12.1 Å². The number of nitriles is 1. The van der Waals surface area contributed by atoms with Crippen LogP contribution >= 0.6 is 11.6 Å². The Hall–Kier alpha value is -1.83. The molecule has 1 aromatic rings. The molecular weight excluding hydrogens is 252 g/mol. The molecule has 0 saturated heterocycles. The van der Waals surface area contributed by atoms with E-state index in [2.05, 4.69) is 5.32 Å². The molecule has 1 N–H and O–H groups in total. The van der Waals surface area contributed by atoms with Gasteiger partial charge in [-0.3, -0.25) is 0 Å². The van der Waals surface area contributed by atoms with Crippen molar-refractivity contribution >= 4 is 23.6 Å². The van der Waals surface area contributed by atoms with Crippen LogP contribution in [0.3, 0.4) is 0 Å². The molecule has 0 fully saturated rings. The summed E-state index contributed by atoms with van der Waals surface area (Å²) in [6.45, 7) is -0.248. The summed E-state index contributed by atoms with van der Waals surface area (Å²) in [5.41, 5.74) is 0.885. The van der Waals surface area contributed by atoms with E-state index in [1.165, 1.54) is 0 Å². The minimum absolute atomic E-state index is 0.248. The number of nitrogens with zero attached hydrogens (tertiary/aromatic N) is 1. The van der Waals surface area contributed by atoms with E-state index in [9.17, 15) is 4.79 Å². The number of carbonyl (C=O) groups excluding carboxylic acids is 1. The van der Waals surface area contributed by atoms with Crippen molar-refractivity contribution in [2.24, 2.45) is 0 Å². The van der Waals surface area contributed by atoms with Crippen LogP contribution in [-0.2, 0) is 9.53 Å². The van der Waals surface area contributed by atoms with Gasteiger partial charge in [0, 0.05) is 5.02 Å². The number of carbonyl (C=O) groups is 1. The van der Waals surface area contributed by atoms with E-state index in [0.717, 1.165) is 5.56 Å². The summed E-state index contributed by atoms with van der Waals surface area (Å²) in [5.74, 6) is -0.489. The Labute approximate surface area is 111 Å². The van der Waals surface area contributed by atoms with E-state index in [0.29, 0.717) is 5.02 Å². The van der Waals surface area contributed by atoms with Gasteiger partial charge in [0.05, 0.1) is 0 Å². The second kappa shape index (κ2) is 7.49. The predicted molar refractivity (Wildman–Crippen MR) is 69.9 cm³/mol. The first-order valence-electron chi connectivity index (χ1n) is 5.32. The molecule has 1 rings (SSSR count). The van der Waals surface area contributed by atoms with E-state index in [4.69, 9.17) is 21.6 Å². The van der Waals surface area contributed by atoms with Crippen molar-refractivity contribution in [1.29, 1.82) is 5.26 Å². The quantitative estimate of drug-likeness (QED) is 0.827. The first-order valence-corrected chi connectivity index (χ1v) is 5.70. The van der Waals surface area contributed by atoms with E-state index >= 15 is 0 Å². The van der Waals surface area contributed by atoms with Gasteiger partial charge in [-0.2, -0.15) is 5.26 Å². The van der Waals surface area contributed by atoms with Crippen LogP contribution in [0.25, 0.3) is 6.08 Å². The smallest absolute Gasteiger partial charge is 0.328 e. The minimum Gasteiger partial charge on any atom is -0.449 e. The molecule has 18 heavy (non-hydrogen) atoms. The summed E-state index contributed by atoms with van der Waals surface area (Å²) in [6, 6.07) is 8.41. The molecule has 0 aliphatic rings. The molecule has 94 valence electrons. The van der Waals surface area contributed by atoms with E-state index in [-0.39, 0.29) is 6.61 Å². The van der Waals surface area contributed by atoms with Gasteiger partial charge >= 0.3 is 5.97 Å². The number of benzene rings is 1. The molecule has 1 unspecified atom stereocenters. The van der Waals surface area contributed by atoms with Crippen LogP contribution < -0.4 is 5.32 Å². The minimum atomic E-state index is -0.586. The van der Waals surface area contributed by atoms with Gasteiger partial charge in [-0.25, -0.2) is 4.79 Å². The third-order valence-corrected chi connectivity index (χ3v) is 2.41. The monoisotopic (exact) mass is 264 g/mol. The van der Waals surface area contributed by atoms with Crippen molar-refractivity contribution in [3.63, 3.8) is 0 Å². The van der Waals surface area contributed by atoms with Crippen molar-refractivity contribution in [1.82, 2.24) is 5.32 Å². The topological polar surface area (TPSA) is 62.1 Å². The molecule has 0 spiro atoms. The average Bonchev–Trinajstić information content (AvgIpc) is 2.37. The molecule has 1 atom stereocenters. The maximum absolute atomic E-state index is 11.5. The lowest BCUT2D eigenvalue weighted by Gasteiger charge is -2.09. The molecular formula is C13H13ClN2O2. The molecule has 0 radical (unpaired) electrons. The second-order valence-corrected chi connectivity index (χ2v) is 3.88. The molecule has 0 aliphatic carbocycles. The highest BCUT2D eigenvalue weighted by Crippen LogP contribution is 2.12. The first kappa shape index (κ1) is 14.2. The third kappa shape index (κ3) is 4.58. The molecule has 4 nitrogen and oxygen atoms in total. The molecule has 0 aliphatic heterocycles. The van der Waals surface area contributed by atoms with E-state index in [1.807, 2.05) is 12.1 Å². The van der Waals surface area contributed by atoms with Crippen LogP contribution in [0.15, 0.2) is 30.3 Å². The fourth-order valence-corrected chi connectivity index (χ4v) is 1.50. The lowest BCUT2D eigenvalue weighted by molar-refractivity contribution is -0.143. The standard InChI is InChI=1S/C13H13ClN2O2/c1-16-12(13(17)18-8-7-15)6-5-10-3-2-4-11(14)9-10/h2-6,9,12,16H,8H2,1H3/b6-5-. The normalized spacial score (nSPS) is 12.1. The zero-order valence-electron chi connectivity index (χ0n) is 9.89. The molecule has 0 bridgehead atoms. The molecule has 5 heteroatoms. The van der Waals surface area contributed by atoms with E-state index in [1.54, 1.807) is 37.4 Å². The molecule has 1 aromatic carbocycles. The number of hydrogen-bond donors (Lipinski definition) is 1. The van der Waals surface area contributed by atoms with Gasteiger partial charge in [0.15, 0.2) is 6.61 Å². The Kier molecular flexibility index (Phi) is 5.92. The van der Waals surface area contributed by atoms with Gasteiger partial charge in [-0.15, -0.1) is 0 Å². The number of halogens is 1. The number of nitrogens with one attached hydrogen (secondary N) is 1. The van der Waals surface area contributed by atoms with Crippen LogP contribution in [0.1, 0.15) is 5.56 Å². The van der Waals surface area contributed by atoms with Gasteiger partial charge in [-0.1, -0.05) is 35.9 Å². The SMILES string of the molecule is CNC(/C=C\c1cccc(Cl)c1)C(=O)OCC#N. The maximum Gasteiger partial charge on any atom is 0.328 e. The first-order chi connectivity index (χ1) is 8.67. The lowest BCUT2D eigenvalue weighted by atomic mass is 10.1. The fourth-order valence-electron chi connectivity index (χ4n) is 1.30. The highest BCUT2D eigenvalue weighted by atomic mass is 35.5. The van der Waals surface area contributed by atoms with Crippen molar-refractivity contribution in [3.05, 3.63) is 40.9 Å². The molecule has 0 amide bonds. The number of hydrogen-bond acceptors (Lipinski definition) is 4. The second-order valence-electron chi connectivity index (χ2n) is 3.45. The zero-order valence-corrected chi connectivity index (χ0v) is 10.6. The predicted octanol–water partition coefficient (Wildman–Crippen LogP) is 2.01. The van der Waals surface area contributed by atoms with Gasteiger partial charge in [-0.05, 0) is 24.7 Å². The largest absolute Gasteiger partial charge is 0.449 e. The van der Waals surface area contributed by atoms with E-state index < -0.39 is 12.0 Å². The summed E-state index contributed by atoms with van der Waals surface area (Å²) < 4.78 is 4.72. The van der Waals surface area contributed by atoms with Crippen LogP contribution in [-0.4, -0.2) is 25.7 Å². The van der Waals surface area contributed by atoms with Gasteiger partial charge in [0.2, 0.25) is 0 Å². The Morgan fingerprint density at radius 1 is 1.67 bits per heavy atom. The Balaban J connectivity index is 2.68. The number of likely N-dealkylation sites (N-methyl/N-ethyl adjacent to an activating group) is 1. The van der Waals surface area contributed by atoms with Crippen molar-refractivity contribution in [2.75, 3.05) is 13.7 Å². The van der Waals surface area contributed by atoms with Gasteiger partial charge in [0.25, 0.3) is 0 Å². The van der Waals surface area contributed by atoms with Crippen molar-refractivity contribution in [3.8, 4) is 6.07 Å². The third-order valence-electron chi connectivity index (χ3n) is 2.17. The van der Waals surface area contributed by atoms with Crippen LogP contribution in [0.5, 0.6) is 0 Å². The Bertz CT molecular complexity index is 480. The molecule has 0 aromatic heterocycles. The number of rotatable bonds is 5. The lowest BCUT2D eigenvalue weighted by Crippen LogP contribution is -2.33. The fraction of sp³-hybridized carbons (Fsp3) is 0.231. The average molecular weight is 265 g/mol. The Morgan fingerprint density at radius 2 is 2.44 bits per heavy atom. The summed E-state index contributed by atoms with van der Waals surface area (Å²) >= 11 is 5.85. The van der Waals surface area contributed by atoms with Gasteiger partial charge < -0.3 is 10.1 Å². The summed E-state index contributed by atoms with van der Waals surface area (Å²) in [7, 11) is 1.64. The number of ether oxygens (including phenoxy) is 1. The zero-order chi connectivity index (χ0) is 13.4. The summed E-state index contributed by atoms with van der Waals surface area (Å²) in [6.07, 6.45) is 3.42. The summed E-state index contributed by atoms with van der Waals surface area (Å²) in [5, 5.41) is 11.7. The molecule has 0 saturated carbocycles. The highest BCUT2D eigenvalue weighted by Gasteiger charge is 2.13. The van der Waals surface area contributed by atoms with Crippen LogP contribution in [0.2, 0.25) is 5.02 Å². The maximum atomic E-state index is 11.5. The summed E-state index contributed by atoms with van der Waals surface area (Å²) in [4.78, 5) is 11.5. The van der Waals surface area contributed by atoms with Crippen LogP contribution in [0, 0.1) is 11.3 Å². The Morgan fingerprint density at radius 3 is 3.06 bits per heavy atom. The highest BCUT2D eigenvalue weighted by molar-refractivity contribution is 6.30.